The van der Waals surface area contributed by atoms with Gasteiger partial charge in [0.1, 0.15) is 0 Å². The second kappa shape index (κ2) is 5.33. The summed E-state index contributed by atoms with van der Waals surface area (Å²) in [5.41, 5.74) is 5.36. The minimum absolute atomic E-state index is 0. The minimum Gasteiger partial charge on any atom is -0.357 e. The molecule has 0 bridgehead atoms. The molecule has 0 aliphatic carbocycles. The van der Waals surface area contributed by atoms with Gasteiger partial charge in [-0.1, -0.05) is 24.8 Å². The first kappa shape index (κ1) is 13.0. The van der Waals surface area contributed by atoms with Crippen LogP contribution in [0.4, 0.5) is 0 Å². The van der Waals surface area contributed by atoms with Crippen LogP contribution in [0.1, 0.15) is 16.8 Å². The standard InChI is InChI=1S/C13H13N2.Ir/c1-9-7-13(15-8-10(9)2)12-5-4-6-14-11(12)3;/h4,6-8H,1-3H3;/q-1;. The summed E-state index contributed by atoms with van der Waals surface area (Å²) in [5, 5.41) is 0. The fourth-order valence-corrected chi connectivity index (χ4v) is 1.46. The van der Waals surface area contributed by atoms with Crippen LogP contribution in [0.15, 0.2) is 24.5 Å². The molecule has 3 heteroatoms. The molecule has 0 aliphatic rings. The van der Waals surface area contributed by atoms with E-state index in [4.69, 9.17) is 0 Å². The Balaban J connectivity index is 0.00000128. The predicted octanol–water partition coefficient (Wildman–Crippen LogP) is 2.87. The zero-order valence-electron chi connectivity index (χ0n) is 9.54. The van der Waals surface area contributed by atoms with Gasteiger partial charge in [-0.25, -0.2) is 0 Å². The smallest absolute Gasteiger partial charge is 0.0192 e. The van der Waals surface area contributed by atoms with Crippen molar-refractivity contribution >= 4 is 0 Å². The Morgan fingerprint density at radius 1 is 1.06 bits per heavy atom. The summed E-state index contributed by atoms with van der Waals surface area (Å²) in [6, 6.07) is 7.07. The van der Waals surface area contributed by atoms with Crippen LogP contribution in [0.2, 0.25) is 0 Å². The van der Waals surface area contributed by atoms with Gasteiger partial charge in [-0.15, -0.1) is 17.7 Å². The number of nitrogens with zero attached hydrogens (tertiary/aromatic N) is 2. The Kier molecular flexibility index (Phi) is 4.34. The zero-order valence-corrected chi connectivity index (χ0v) is 11.9. The predicted molar refractivity (Wildman–Crippen MR) is 60.5 cm³/mol. The van der Waals surface area contributed by atoms with E-state index in [1.165, 1.54) is 11.1 Å². The van der Waals surface area contributed by atoms with Crippen molar-refractivity contribution in [1.29, 1.82) is 0 Å². The molecule has 0 unspecified atom stereocenters. The molecule has 0 fully saturated rings. The van der Waals surface area contributed by atoms with Gasteiger partial charge in [0.15, 0.2) is 0 Å². The first-order valence-electron chi connectivity index (χ1n) is 4.95. The van der Waals surface area contributed by atoms with Gasteiger partial charge in [-0.3, -0.25) is 0 Å². The second-order valence-electron chi connectivity index (χ2n) is 3.70. The van der Waals surface area contributed by atoms with Crippen LogP contribution >= 0.6 is 0 Å². The van der Waals surface area contributed by atoms with Crippen molar-refractivity contribution in [3.05, 3.63) is 47.4 Å². The van der Waals surface area contributed by atoms with Crippen molar-refractivity contribution in [2.75, 3.05) is 0 Å². The Hall–Kier alpha value is -1.05. The van der Waals surface area contributed by atoms with E-state index in [0.717, 1.165) is 17.0 Å². The molecule has 0 saturated heterocycles. The number of hydrogen-bond donors (Lipinski definition) is 0. The van der Waals surface area contributed by atoms with Crippen molar-refractivity contribution in [3.63, 3.8) is 0 Å². The van der Waals surface area contributed by atoms with E-state index < -0.39 is 0 Å². The van der Waals surface area contributed by atoms with Crippen molar-refractivity contribution in [3.8, 4) is 11.3 Å². The van der Waals surface area contributed by atoms with E-state index >= 15 is 0 Å². The first-order chi connectivity index (χ1) is 7.18. The molecule has 85 valence electrons. The average molecular weight is 389 g/mol. The molecule has 0 N–H and O–H groups in total. The molecule has 1 radical (unpaired) electrons. The van der Waals surface area contributed by atoms with Crippen molar-refractivity contribution in [2.24, 2.45) is 0 Å². The van der Waals surface area contributed by atoms with E-state index in [9.17, 15) is 0 Å². The third kappa shape index (κ3) is 2.55. The van der Waals surface area contributed by atoms with Gasteiger partial charge in [-0.05, 0) is 30.8 Å². The molecule has 0 spiro atoms. The van der Waals surface area contributed by atoms with E-state index in [2.05, 4.69) is 35.9 Å². The summed E-state index contributed by atoms with van der Waals surface area (Å²) in [6.45, 7) is 6.13. The van der Waals surface area contributed by atoms with Gasteiger partial charge < -0.3 is 9.97 Å². The summed E-state index contributed by atoms with van der Waals surface area (Å²) in [5.74, 6) is 0. The normalized spacial score (nSPS) is 9.69. The van der Waals surface area contributed by atoms with Gasteiger partial charge in [-0.2, -0.15) is 0 Å². The monoisotopic (exact) mass is 390 g/mol. The van der Waals surface area contributed by atoms with Crippen LogP contribution in [0.3, 0.4) is 0 Å². The number of aryl methyl sites for hydroxylation is 3. The molecule has 0 atom stereocenters. The van der Waals surface area contributed by atoms with E-state index in [0.29, 0.717) is 0 Å². The third-order valence-corrected chi connectivity index (χ3v) is 2.56. The maximum Gasteiger partial charge on any atom is 0.0192 e. The van der Waals surface area contributed by atoms with Crippen LogP contribution in [0, 0.1) is 26.8 Å². The molecular formula is C13H13IrN2-. The van der Waals surface area contributed by atoms with Crippen LogP contribution in [-0.4, -0.2) is 9.97 Å². The number of pyridine rings is 2. The fourth-order valence-electron chi connectivity index (χ4n) is 1.46. The van der Waals surface area contributed by atoms with Gasteiger partial charge in [0.2, 0.25) is 0 Å². The van der Waals surface area contributed by atoms with E-state index in [1.54, 1.807) is 6.20 Å². The third-order valence-electron chi connectivity index (χ3n) is 2.56. The van der Waals surface area contributed by atoms with Gasteiger partial charge in [0.05, 0.1) is 0 Å². The molecule has 0 saturated carbocycles. The topological polar surface area (TPSA) is 25.8 Å². The average Bonchev–Trinajstić information content (AvgIpc) is 2.23. The molecule has 2 aromatic rings. The fraction of sp³-hybridized carbons (Fsp3) is 0.231. The van der Waals surface area contributed by atoms with Crippen LogP contribution in [0.25, 0.3) is 11.3 Å². The van der Waals surface area contributed by atoms with Crippen LogP contribution < -0.4 is 0 Å². The number of aromatic nitrogens is 2. The molecule has 0 amide bonds. The maximum atomic E-state index is 4.40. The molecule has 2 nitrogen and oxygen atoms in total. The Morgan fingerprint density at radius 3 is 2.44 bits per heavy atom. The van der Waals surface area contributed by atoms with Crippen molar-refractivity contribution in [2.45, 2.75) is 20.8 Å². The number of hydrogen-bond acceptors (Lipinski definition) is 2. The summed E-state index contributed by atoms with van der Waals surface area (Å²) in [7, 11) is 0. The first-order valence-corrected chi connectivity index (χ1v) is 4.95. The van der Waals surface area contributed by atoms with E-state index in [-0.39, 0.29) is 20.1 Å². The largest absolute Gasteiger partial charge is 0.357 e. The molecule has 2 heterocycles. The summed E-state index contributed by atoms with van der Waals surface area (Å²) in [4.78, 5) is 8.64. The van der Waals surface area contributed by atoms with Crippen molar-refractivity contribution < 1.29 is 20.1 Å². The van der Waals surface area contributed by atoms with E-state index in [1.807, 2.05) is 19.2 Å². The zero-order chi connectivity index (χ0) is 10.8. The van der Waals surface area contributed by atoms with Gasteiger partial charge >= 0.3 is 0 Å². The molecule has 0 aromatic carbocycles. The van der Waals surface area contributed by atoms with Gasteiger partial charge in [0.25, 0.3) is 0 Å². The SMILES string of the molecule is Cc1cnc(-c2[c-]ccnc2C)cc1C.[Ir]. The summed E-state index contributed by atoms with van der Waals surface area (Å²) in [6.07, 6.45) is 3.64. The Bertz CT molecular complexity index is 495. The minimum atomic E-state index is 0. The Morgan fingerprint density at radius 2 is 1.81 bits per heavy atom. The van der Waals surface area contributed by atoms with Crippen LogP contribution in [0.5, 0.6) is 0 Å². The number of rotatable bonds is 1. The van der Waals surface area contributed by atoms with Gasteiger partial charge in [0, 0.05) is 26.3 Å². The molecule has 0 aliphatic heterocycles. The molecular weight excluding hydrogens is 376 g/mol. The molecule has 2 aromatic heterocycles. The molecule has 2 rings (SSSR count). The second-order valence-corrected chi connectivity index (χ2v) is 3.70. The maximum absolute atomic E-state index is 4.40. The summed E-state index contributed by atoms with van der Waals surface area (Å²) >= 11 is 0. The Labute approximate surface area is 110 Å². The summed E-state index contributed by atoms with van der Waals surface area (Å²) < 4.78 is 0. The van der Waals surface area contributed by atoms with Crippen LogP contribution in [-0.2, 0) is 20.1 Å². The molecule has 16 heavy (non-hydrogen) atoms. The quantitative estimate of drug-likeness (QED) is 0.701. The van der Waals surface area contributed by atoms with Crippen molar-refractivity contribution in [1.82, 2.24) is 9.97 Å².